The highest BCUT2D eigenvalue weighted by Crippen LogP contribution is 2.70. The van der Waals surface area contributed by atoms with Crippen LogP contribution >= 0.6 is 0 Å². The summed E-state index contributed by atoms with van der Waals surface area (Å²) in [6, 6.07) is 0. The van der Waals surface area contributed by atoms with Gasteiger partial charge in [0.2, 0.25) is 0 Å². The van der Waals surface area contributed by atoms with Crippen molar-refractivity contribution in [3.8, 4) is 0 Å². The van der Waals surface area contributed by atoms with Crippen molar-refractivity contribution < 1.29 is 59.9 Å². The van der Waals surface area contributed by atoms with Crippen LogP contribution in [0.15, 0.2) is 11.6 Å². The number of hydrogen-bond donors (Lipinski definition) is 8. The van der Waals surface area contributed by atoms with E-state index in [-0.39, 0.29) is 38.2 Å². The van der Waals surface area contributed by atoms with E-state index in [1.165, 1.54) is 13.0 Å². The van der Waals surface area contributed by atoms with E-state index >= 15 is 0 Å². The predicted molar refractivity (Wildman–Crippen MR) is 139 cm³/mol. The highest BCUT2D eigenvalue weighted by Gasteiger charge is 2.75. The van der Waals surface area contributed by atoms with Gasteiger partial charge in [-0.05, 0) is 56.4 Å². The van der Waals surface area contributed by atoms with E-state index < -0.39 is 95.5 Å². The zero-order valence-electron chi connectivity index (χ0n) is 23.5. The Morgan fingerprint density at radius 2 is 1.76 bits per heavy atom. The minimum absolute atomic E-state index is 0.0369. The number of fused-ring (bicyclic) bond motifs is 5. The van der Waals surface area contributed by atoms with Crippen LogP contribution in [0.25, 0.3) is 0 Å². The van der Waals surface area contributed by atoms with Gasteiger partial charge in [0, 0.05) is 30.3 Å². The Morgan fingerprint density at radius 3 is 2.41 bits per heavy atom. The molecular weight excluding hydrogens is 540 g/mol. The van der Waals surface area contributed by atoms with Crippen LogP contribution in [-0.2, 0) is 19.0 Å². The summed E-state index contributed by atoms with van der Waals surface area (Å²) >= 11 is 0. The van der Waals surface area contributed by atoms with Gasteiger partial charge in [-0.1, -0.05) is 6.92 Å². The van der Waals surface area contributed by atoms with Crippen molar-refractivity contribution in [2.24, 2.45) is 28.6 Å². The normalized spacial score (nSPS) is 56.9. The van der Waals surface area contributed by atoms with E-state index in [0.29, 0.717) is 19.3 Å². The molecule has 0 bridgehead atoms. The van der Waals surface area contributed by atoms with E-state index in [2.05, 4.69) is 0 Å². The van der Waals surface area contributed by atoms with E-state index in [1.54, 1.807) is 0 Å². The Kier molecular flexibility index (Phi) is 7.22. The van der Waals surface area contributed by atoms with Crippen molar-refractivity contribution in [1.29, 1.82) is 0 Å². The molecule has 4 aliphatic carbocycles. The van der Waals surface area contributed by atoms with Crippen molar-refractivity contribution in [3.05, 3.63) is 11.6 Å². The molecular formula is C29H44O12. The van der Waals surface area contributed by atoms with E-state index in [4.69, 9.17) is 14.2 Å². The first kappa shape index (κ1) is 29.9. The Bertz CT molecular complexity index is 1080. The lowest BCUT2D eigenvalue weighted by atomic mass is 9.40. The van der Waals surface area contributed by atoms with Crippen LogP contribution in [0, 0.1) is 28.6 Å². The smallest absolute Gasteiger partial charge is 0.331 e. The van der Waals surface area contributed by atoms with Crippen LogP contribution in [0.5, 0.6) is 0 Å². The summed E-state index contributed by atoms with van der Waals surface area (Å²) in [6.45, 7) is 3.00. The molecule has 15 atom stereocenters. The molecule has 2 heterocycles. The molecule has 12 nitrogen and oxygen atoms in total. The molecule has 6 rings (SSSR count). The standard InChI is InChI=1S/C29H44O12/c1-13-22(34)23(35)24(36)25(40-13)41-15-8-19(32)28(12-30)21-17(3-5-27(28,37)9-15)29(38)6-4-16(14-7-20(33)39-11-14)26(29,2)10-18(21)31/h7,13,15-19,21-25,30-32,34-38H,3-6,8-12H2,1-2H3/t13?,15-,16+,17+,18+,19-,21+,22-,23?,24-,25-,26+,27-,28+,29-/m0/s1. The van der Waals surface area contributed by atoms with Crippen molar-refractivity contribution in [2.45, 2.75) is 119 Å². The molecule has 232 valence electrons. The van der Waals surface area contributed by atoms with Crippen LogP contribution < -0.4 is 0 Å². The third kappa shape index (κ3) is 3.99. The summed E-state index contributed by atoms with van der Waals surface area (Å²) in [5, 5.41) is 89.6. The first-order chi connectivity index (χ1) is 19.2. The van der Waals surface area contributed by atoms with Crippen molar-refractivity contribution >= 4 is 5.97 Å². The number of carbonyl (C=O) groups is 1. The van der Waals surface area contributed by atoms with E-state index in [0.717, 1.165) is 5.57 Å². The molecule has 12 heteroatoms. The number of hydrogen-bond acceptors (Lipinski definition) is 12. The number of esters is 1. The van der Waals surface area contributed by atoms with Gasteiger partial charge in [-0.3, -0.25) is 0 Å². The number of ether oxygens (including phenoxy) is 3. The van der Waals surface area contributed by atoms with Gasteiger partial charge >= 0.3 is 5.97 Å². The van der Waals surface area contributed by atoms with Crippen LogP contribution in [-0.4, -0.2) is 120 Å². The summed E-state index contributed by atoms with van der Waals surface area (Å²) < 4.78 is 16.7. The Morgan fingerprint density at radius 1 is 1.02 bits per heavy atom. The summed E-state index contributed by atoms with van der Waals surface area (Å²) in [7, 11) is 0. The number of aliphatic hydroxyl groups is 8. The maximum Gasteiger partial charge on any atom is 0.331 e. The predicted octanol–water partition coefficient (Wildman–Crippen LogP) is -1.51. The fourth-order valence-corrected chi connectivity index (χ4v) is 10.1. The Labute approximate surface area is 238 Å². The molecule has 0 aromatic carbocycles. The van der Waals surface area contributed by atoms with Gasteiger partial charge in [-0.2, -0.15) is 0 Å². The van der Waals surface area contributed by atoms with E-state index in [9.17, 15) is 45.6 Å². The highest BCUT2D eigenvalue weighted by molar-refractivity contribution is 5.85. The largest absolute Gasteiger partial charge is 0.458 e. The number of carbonyl (C=O) groups excluding carboxylic acids is 1. The van der Waals surface area contributed by atoms with Crippen molar-refractivity contribution in [3.63, 3.8) is 0 Å². The van der Waals surface area contributed by atoms with Gasteiger partial charge in [0.25, 0.3) is 0 Å². The molecule has 4 saturated carbocycles. The maximum absolute atomic E-state index is 12.4. The van der Waals surface area contributed by atoms with E-state index in [1.807, 2.05) is 6.92 Å². The van der Waals surface area contributed by atoms with Crippen molar-refractivity contribution in [2.75, 3.05) is 13.2 Å². The molecule has 1 saturated heterocycles. The van der Waals surface area contributed by atoms with Crippen LogP contribution in [0.4, 0.5) is 0 Å². The number of cyclic esters (lactones) is 1. The SMILES string of the molecule is CC1O[C@@H](O[C@H]2C[C@H](O)[C@]3(CO)[C@H]4[C@H](O)C[C@]5(C)[C@@H](C6=CC(=O)OC6)CC[C@]5(O)[C@@H]4CC[C@]3(O)C2)[C@@H](O)C(O)[C@H]1O. The fraction of sp³-hybridized carbons (Fsp3) is 0.897. The Balaban J connectivity index is 1.28. The highest BCUT2D eigenvalue weighted by atomic mass is 16.7. The zero-order valence-corrected chi connectivity index (χ0v) is 23.5. The maximum atomic E-state index is 12.4. The lowest BCUT2D eigenvalue weighted by molar-refractivity contribution is -0.342. The molecule has 0 aromatic rings. The first-order valence-electron chi connectivity index (χ1n) is 14.9. The number of aliphatic hydroxyl groups excluding tert-OH is 6. The molecule has 0 radical (unpaired) electrons. The summed E-state index contributed by atoms with van der Waals surface area (Å²) in [5.41, 5.74) is -4.46. The second-order valence-electron chi connectivity index (χ2n) is 13.8. The monoisotopic (exact) mass is 584 g/mol. The van der Waals surface area contributed by atoms with Crippen LogP contribution in [0.2, 0.25) is 0 Å². The third-order valence-corrected chi connectivity index (χ3v) is 12.2. The molecule has 5 fully saturated rings. The third-order valence-electron chi connectivity index (χ3n) is 12.2. The molecule has 8 N–H and O–H groups in total. The molecule has 0 aromatic heterocycles. The lowest BCUT2D eigenvalue weighted by Gasteiger charge is -2.68. The van der Waals surface area contributed by atoms with Gasteiger partial charge in [0.15, 0.2) is 6.29 Å². The Hall–Kier alpha value is -1.19. The van der Waals surface area contributed by atoms with Gasteiger partial charge < -0.3 is 55.1 Å². The second kappa shape index (κ2) is 9.91. The van der Waals surface area contributed by atoms with Gasteiger partial charge in [-0.25, -0.2) is 4.79 Å². The molecule has 0 spiro atoms. The molecule has 6 aliphatic rings. The second-order valence-corrected chi connectivity index (χ2v) is 13.8. The number of rotatable bonds is 4. The quantitative estimate of drug-likeness (QED) is 0.140. The summed E-state index contributed by atoms with van der Waals surface area (Å²) in [6.07, 6.45) is -6.68. The average Bonchev–Trinajstić information content (AvgIpc) is 3.45. The zero-order chi connectivity index (χ0) is 29.7. The summed E-state index contributed by atoms with van der Waals surface area (Å²) in [4.78, 5) is 11.8. The average molecular weight is 585 g/mol. The topological polar surface area (TPSA) is 207 Å². The van der Waals surface area contributed by atoms with Gasteiger partial charge in [-0.15, -0.1) is 0 Å². The fourth-order valence-electron chi connectivity index (χ4n) is 10.1. The molecule has 0 amide bonds. The molecule has 2 unspecified atom stereocenters. The minimum atomic E-state index is -1.67. The van der Waals surface area contributed by atoms with Crippen molar-refractivity contribution in [1.82, 2.24) is 0 Å². The minimum Gasteiger partial charge on any atom is -0.458 e. The van der Waals surface area contributed by atoms with Crippen LogP contribution in [0.3, 0.4) is 0 Å². The molecule has 2 aliphatic heterocycles. The van der Waals surface area contributed by atoms with Gasteiger partial charge in [0.1, 0.15) is 24.9 Å². The van der Waals surface area contributed by atoms with Gasteiger partial charge in [0.05, 0.1) is 47.6 Å². The van der Waals surface area contributed by atoms with Crippen LogP contribution in [0.1, 0.15) is 58.8 Å². The summed E-state index contributed by atoms with van der Waals surface area (Å²) in [5.74, 6) is -1.93. The lowest BCUT2D eigenvalue weighted by Crippen LogP contribution is -2.76. The molecule has 41 heavy (non-hydrogen) atoms. The first-order valence-corrected chi connectivity index (χ1v) is 14.9.